The van der Waals surface area contributed by atoms with Crippen molar-refractivity contribution in [2.24, 2.45) is 5.92 Å². The number of nitrogens with one attached hydrogen (secondary N) is 1. The van der Waals surface area contributed by atoms with E-state index in [1.807, 2.05) is 6.92 Å². The van der Waals surface area contributed by atoms with E-state index in [1.165, 1.54) is 0 Å². The van der Waals surface area contributed by atoms with Crippen molar-refractivity contribution in [3.05, 3.63) is 33.3 Å². The predicted molar refractivity (Wildman–Crippen MR) is 82.1 cm³/mol. The molecule has 0 fully saturated rings. The van der Waals surface area contributed by atoms with Crippen LogP contribution >= 0.6 is 27.5 Å². The summed E-state index contributed by atoms with van der Waals surface area (Å²) < 4.78 is 0.755. The Morgan fingerprint density at radius 2 is 2.05 bits per heavy atom. The summed E-state index contributed by atoms with van der Waals surface area (Å²) in [6.45, 7) is 2.49. The molecule has 0 bridgehead atoms. The van der Waals surface area contributed by atoms with E-state index in [2.05, 4.69) is 21.2 Å². The largest absolute Gasteiger partial charge is 0.481 e. The molecule has 1 aromatic rings. The molecule has 0 aliphatic carbocycles. The van der Waals surface area contributed by atoms with Gasteiger partial charge < -0.3 is 10.4 Å². The van der Waals surface area contributed by atoms with E-state index in [4.69, 9.17) is 16.7 Å². The van der Waals surface area contributed by atoms with Gasteiger partial charge in [-0.25, -0.2) is 0 Å². The van der Waals surface area contributed by atoms with Gasteiger partial charge in [0.25, 0.3) is 5.91 Å². The van der Waals surface area contributed by atoms with Gasteiger partial charge in [0.2, 0.25) is 0 Å². The first kappa shape index (κ1) is 17.0. The summed E-state index contributed by atoms with van der Waals surface area (Å²) in [6, 6.07) is 5.02. The van der Waals surface area contributed by atoms with Gasteiger partial charge in [-0.05, 0) is 37.0 Å². The molecule has 0 heterocycles. The molecular weight excluding hydrogens is 346 g/mol. The normalized spacial score (nSPS) is 11.9. The minimum absolute atomic E-state index is 0.163. The maximum Gasteiger partial charge on any atom is 0.303 e. The summed E-state index contributed by atoms with van der Waals surface area (Å²) in [6.07, 6.45) is 1.53. The highest BCUT2D eigenvalue weighted by Gasteiger charge is 2.09. The average molecular weight is 363 g/mol. The lowest BCUT2D eigenvalue weighted by atomic mass is 10.0. The van der Waals surface area contributed by atoms with Gasteiger partial charge in [0, 0.05) is 28.0 Å². The highest BCUT2D eigenvalue weighted by atomic mass is 79.9. The lowest BCUT2D eigenvalue weighted by molar-refractivity contribution is -0.137. The van der Waals surface area contributed by atoms with Gasteiger partial charge in [0.15, 0.2) is 0 Å². The first-order chi connectivity index (χ1) is 9.38. The molecular formula is C14H17BrClNO3. The second kappa shape index (κ2) is 8.27. The third-order valence-electron chi connectivity index (χ3n) is 2.90. The van der Waals surface area contributed by atoms with Gasteiger partial charge in [0.05, 0.1) is 0 Å². The Labute approximate surface area is 131 Å². The number of hydrogen-bond donors (Lipinski definition) is 2. The topological polar surface area (TPSA) is 66.4 Å². The zero-order valence-corrected chi connectivity index (χ0v) is 13.5. The number of benzene rings is 1. The Morgan fingerprint density at radius 3 is 2.65 bits per heavy atom. The number of carboxylic acid groups (broad SMARTS) is 1. The summed E-state index contributed by atoms with van der Waals surface area (Å²) >= 11 is 9.17. The number of amides is 1. The molecule has 0 spiro atoms. The summed E-state index contributed by atoms with van der Waals surface area (Å²) in [7, 11) is 0. The molecule has 0 aromatic heterocycles. The van der Waals surface area contributed by atoms with Crippen LogP contribution in [0.15, 0.2) is 22.7 Å². The smallest absolute Gasteiger partial charge is 0.303 e. The summed E-state index contributed by atoms with van der Waals surface area (Å²) in [5.41, 5.74) is 0.502. The van der Waals surface area contributed by atoms with Crippen LogP contribution in [-0.2, 0) is 4.79 Å². The molecule has 0 saturated carbocycles. The number of carbonyl (C=O) groups is 2. The van der Waals surface area contributed by atoms with Crippen molar-refractivity contribution in [3.8, 4) is 0 Å². The number of rotatable bonds is 7. The van der Waals surface area contributed by atoms with E-state index in [9.17, 15) is 9.59 Å². The highest BCUT2D eigenvalue weighted by molar-refractivity contribution is 9.10. The molecule has 110 valence electrons. The molecule has 1 aromatic carbocycles. The number of carboxylic acids is 1. The quantitative estimate of drug-likeness (QED) is 0.777. The van der Waals surface area contributed by atoms with Crippen molar-refractivity contribution in [3.63, 3.8) is 0 Å². The SMILES string of the molecule is CC(CCNC(=O)c1cc(Cl)cc(Br)c1)CCC(=O)O. The van der Waals surface area contributed by atoms with Crippen molar-refractivity contribution < 1.29 is 14.7 Å². The fourth-order valence-corrected chi connectivity index (χ4v) is 2.59. The van der Waals surface area contributed by atoms with E-state index >= 15 is 0 Å². The molecule has 1 rings (SSSR count). The van der Waals surface area contributed by atoms with Crippen LogP contribution in [0.2, 0.25) is 5.02 Å². The van der Waals surface area contributed by atoms with Crippen LogP contribution in [0.3, 0.4) is 0 Å². The lowest BCUT2D eigenvalue weighted by Crippen LogP contribution is -2.25. The zero-order chi connectivity index (χ0) is 15.1. The Hall–Kier alpha value is -1.07. The van der Waals surface area contributed by atoms with E-state index in [1.54, 1.807) is 18.2 Å². The van der Waals surface area contributed by atoms with Crippen molar-refractivity contribution >= 4 is 39.4 Å². The van der Waals surface area contributed by atoms with E-state index in [0.29, 0.717) is 23.6 Å². The third-order valence-corrected chi connectivity index (χ3v) is 3.57. The van der Waals surface area contributed by atoms with Crippen molar-refractivity contribution in [1.82, 2.24) is 5.32 Å². The lowest BCUT2D eigenvalue weighted by Gasteiger charge is -2.11. The molecule has 0 aliphatic rings. The average Bonchev–Trinajstić information content (AvgIpc) is 2.35. The van der Waals surface area contributed by atoms with Crippen LogP contribution in [0.5, 0.6) is 0 Å². The summed E-state index contributed by atoms with van der Waals surface area (Å²) in [5, 5.41) is 11.9. The summed E-state index contributed by atoms with van der Waals surface area (Å²) in [5.74, 6) is -0.708. The minimum atomic E-state index is -0.787. The van der Waals surface area contributed by atoms with E-state index < -0.39 is 5.97 Å². The van der Waals surface area contributed by atoms with Crippen LogP contribution in [0.25, 0.3) is 0 Å². The number of halogens is 2. The molecule has 1 unspecified atom stereocenters. The second-order valence-corrected chi connectivity index (χ2v) is 6.09. The first-order valence-corrected chi connectivity index (χ1v) is 7.51. The van der Waals surface area contributed by atoms with Gasteiger partial charge in [-0.3, -0.25) is 9.59 Å². The second-order valence-electron chi connectivity index (χ2n) is 4.74. The maximum absolute atomic E-state index is 11.9. The van der Waals surface area contributed by atoms with Crippen LogP contribution in [-0.4, -0.2) is 23.5 Å². The van der Waals surface area contributed by atoms with E-state index in [0.717, 1.165) is 10.9 Å². The Morgan fingerprint density at radius 1 is 1.35 bits per heavy atom. The number of carbonyl (C=O) groups excluding carboxylic acids is 1. The Kier molecular flexibility index (Phi) is 7.02. The van der Waals surface area contributed by atoms with Gasteiger partial charge in [-0.2, -0.15) is 0 Å². The molecule has 1 atom stereocenters. The van der Waals surface area contributed by atoms with E-state index in [-0.39, 0.29) is 18.2 Å². The zero-order valence-electron chi connectivity index (χ0n) is 11.2. The van der Waals surface area contributed by atoms with Crippen molar-refractivity contribution in [1.29, 1.82) is 0 Å². The Balaban J connectivity index is 2.38. The molecule has 4 nitrogen and oxygen atoms in total. The van der Waals surface area contributed by atoms with Crippen LogP contribution in [0.1, 0.15) is 36.5 Å². The molecule has 0 radical (unpaired) electrons. The monoisotopic (exact) mass is 361 g/mol. The molecule has 0 aliphatic heterocycles. The third kappa shape index (κ3) is 6.39. The molecule has 20 heavy (non-hydrogen) atoms. The standard InChI is InChI=1S/C14H17BrClNO3/c1-9(2-3-13(18)19)4-5-17-14(20)10-6-11(15)8-12(16)7-10/h6-9H,2-5H2,1H3,(H,17,20)(H,18,19). The first-order valence-electron chi connectivity index (χ1n) is 6.34. The molecule has 1 amide bonds. The van der Waals surface area contributed by atoms with Crippen LogP contribution < -0.4 is 5.32 Å². The maximum atomic E-state index is 11.9. The van der Waals surface area contributed by atoms with Crippen LogP contribution in [0.4, 0.5) is 0 Å². The van der Waals surface area contributed by atoms with Gasteiger partial charge >= 0.3 is 5.97 Å². The Bertz CT molecular complexity index is 473. The molecule has 2 N–H and O–H groups in total. The summed E-state index contributed by atoms with van der Waals surface area (Å²) in [4.78, 5) is 22.4. The minimum Gasteiger partial charge on any atom is -0.481 e. The number of aliphatic carboxylic acids is 1. The fraction of sp³-hybridized carbons (Fsp3) is 0.429. The highest BCUT2D eigenvalue weighted by Crippen LogP contribution is 2.19. The van der Waals surface area contributed by atoms with Gasteiger partial charge in [0.1, 0.15) is 0 Å². The molecule has 6 heteroatoms. The molecule has 0 saturated heterocycles. The predicted octanol–water partition coefficient (Wildman–Crippen LogP) is 3.72. The fourth-order valence-electron chi connectivity index (χ4n) is 1.73. The van der Waals surface area contributed by atoms with Crippen molar-refractivity contribution in [2.45, 2.75) is 26.2 Å². The number of hydrogen-bond acceptors (Lipinski definition) is 2. The van der Waals surface area contributed by atoms with Gasteiger partial charge in [-0.1, -0.05) is 34.5 Å². The van der Waals surface area contributed by atoms with Crippen molar-refractivity contribution in [2.75, 3.05) is 6.54 Å². The van der Waals surface area contributed by atoms with Gasteiger partial charge in [-0.15, -0.1) is 0 Å². The van der Waals surface area contributed by atoms with Crippen LogP contribution in [0, 0.1) is 5.92 Å².